The van der Waals surface area contributed by atoms with Gasteiger partial charge < -0.3 is 18.6 Å². The standard InChI is InChI=1S/C19H30BClFNO4S/c1-17(2,3)28(24)23-16(20-26-18(4,5)19(6,7)27-20)10-11-25-15-9-8-13(21)12-14(15)22/h8-9,12,16,23H,10-11H2,1-7H3/t16?,28-/m0/s1. The van der Waals surface area contributed by atoms with E-state index in [1.807, 2.05) is 48.5 Å². The molecule has 1 fully saturated rings. The second-order valence-electron chi connectivity index (χ2n) is 8.94. The normalized spacial score (nSPS) is 20.9. The van der Waals surface area contributed by atoms with Gasteiger partial charge in [-0.15, -0.1) is 4.72 Å². The van der Waals surface area contributed by atoms with Gasteiger partial charge in [-0.25, -0.2) is 4.39 Å². The van der Waals surface area contributed by atoms with Crippen molar-refractivity contribution in [3.05, 3.63) is 29.0 Å². The molecule has 0 amide bonds. The fourth-order valence-electron chi connectivity index (χ4n) is 2.51. The van der Waals surface area contributed by atoms with Crippen LogP contribution < -0.4 is 9.46 Å². The smallest absolute Gasteiger partial charge is 0.480 e. The highest BCUT2D eigenvalue weighted by atomic mass is 35.5. The lowest BCUT2D eigenvalue weighted by Gasteiger charge is -2.32. The molecule has 1 aliphatic heterocycles. The van der Waals surface area contributed by atoms with Crippen LogP contribution in [0, 0.1) is 5.82 Å². The van der Waals surface area contributed by atoms with Crippen molar-refractivity contribution < 1.29 is 23.0 Å². The van der Waals surface area contributed by atoms with E-state index < -0.39 is 46.2 Å². The van der Waals surface area contributed by atoms with E-state index in [2.05, 4.69) is 4.72 Å². The van der Waals surface area contributed by atoms with Crippen LogP contribution in [0.15, 0.2) is 18.2 Å². The fourth-order valence-corrected chi connectivity index (χ4v) is 3.52. The summed E-state index contributed by atoms with van der Waals surface area (Å²) in [6, 6.07) is 4.26. The Bertz CT molecular complexity index is 670. The molecule has 1 saturated heterocycles. The molecule has 9 heteroatoms. The van der Waals surface area contributed by atoms with E-state index in [1.165, 1.54) is 12.1 Å². The summed E-state index contributed by atoms with van der Waals surface area (Å²) in [5, 5.41) is 0.308. The molecule has 1 aliphatic rings. The Morgan fingerprint density at radius 2 is 1.82 bits per heavy atom. The molecule has 28 heavy (non-hydrogen) atoms. The maximum atomic E-state index is 13.9. The molecule has 1 unspecified atom stereocenters. The van der Waals surface area contributed by atoms with Gasteiger partial charge >= 0.3 is 7.12 Å². The number of hydrogen-bond acceptors (Lipinski definition) is 5. The number of hydrogen-bond donors (Lipinski definition) is 1. The van der Waals surface area contributed by atoms with E-state index in [-0.39, 0.29) is 12.4 Å². The van der Waals surface area contributed by atoms with E-state index in [0.29, 0.717) is 11.4 Å². The monoisotopic (exact) mass is 433 g/mol. The predicted octanol–water partition coefficient (Wildman–Crippen LogP) is 4.30. The van der Waals surface area contributed by atoms with E-state index in [4.69, 9.17) is 25.6 Å². The molecule has 0 radical (unpaired) electrons. The minimum atomic E-state index is -1.33. The molecule has 0 saturated carbocycles. The number of ether oxygens (including phenoxy) is 1. The van der Waals surface area contributed by atoms with Crippen LogP contribution in [0.2, 0.25) is 5.02 Å². The van der Waals surface area contributed by atoms with E-state index >= 15 is 0 Å². The number of halogens is 2. The molecule has 2 atom stereocenters. The summed E-state index contributed by atoms with van der Waals surface area (Å²) in [5.74, 6) is -0.795. The molecular weight excluding hydrogens is 404 g/mol. The second-order valence-corrected chi connectivity index (χ2v) is 11.4. The molecule has 0 aromatic heterocycles. The van der Waals surface area contributed by atoms with Crippen LogP contribution in [0.5, 0.6) is 5.75 Å². The van der Waals surface area contributed by atoms with Gasteiger partial charge in [0.25, 0.3) is 0 Å². The largest absolute Gasteiger partial charge is 0.598 e. The van der Waals surface area contributed by atoms with Crippen LogP contribution in [0.3, 0.4) is 0 Å². The summed E-state index contributed by atoms with van der Waals surface area (Å²) in [6.07, 6.45) is 0.417. The van der Waals surface area contributed by atoms with E-state index in [9.17, 15) is 8.94 Å². The highest BCUT2D eigenvalue weighted by Crippen LogP contribution is 2.38. The van der Waals surface area contributed by atoms with Crippen molar-refractivity contribution in [1.29, 1.82) is 0 Å². The Morgan fingerprint density at radius 3 is 2.32 bits per heavy atom. The van der Waals surface area contributed by atoms with Crippen LogP contribution in [0.4, 0.5) is 4.39 Å². The number of rotatable bonds is 7. The molecule has 1 aromatic carbocycles. The summed E-state index contributed by atoms with van der Waals surface area (Å²) in [5.41, 5.74) is -1.02. The van der Waals surface area contributed by atoms with Crippen molar-refractivity contribution in [2.24, 2.45) is 0 Å². The first-order valence-corrected chi connectivity index (χ1v) is 10.9. The van der Waals surface area contributed by atoms with E-state index in [1.54, 1.807) is 6.07 Å². The second kappa shape index (κ2) is 8.70. The first kappa shape index (κ1) is 23.8. The Labute approximate surface area is 176 Å². The van der Waals surface area contributed by atoms with Gasteiger partial charge in [-0.3, -0.25) is 0 Å². The topological polar surface area (TPSA) is 62.8 Å². The Morgan fingerprint density at radius 1 is 1.25 bits per heavy atom. The average Bonchev–Trinajstić information content (AvgIpc) is 2.75. The first-order chi connectivity index (χ1) is 12.7. The van der Waals surface area contributed by atoms with Crippen molar-refractivity contribution in [3.63, 3.8) is 0 Å². The van der Waals surface area contributed by atoms with Gasteiger partial charge in [-0.2, -0.15) is 0 Å². The quantitative estimate of drug-likeness (QED) is 0.513. The van der Waals surface area contributed by atoms with Crippen molar-refractivity contribution in [2.75, 3.05) is 6.61 Å². The van der Waals surface area contributed by atoms with Crippen LogP contribution in [0.1, 0.15) is 54.9 Å². The van der Waals surface area contributed by atoms with Gasteiger partial charge in [0, 0.05) is 16.4 Å². The first-order valence-electron chi connectivity index (χ1n) is 9.34. The molecule has 2 rings (SSSR count). The molecule has 158 valence electrons. The molecule has 0 bridgehead atoms. The highest BCUT2D eigenvalue weighted by molar-refractivity contribution is 7.90. The summed E-state index contributed by atoms with van der Waals surface area (Å²) in [4.78, 5) is 0. The Hall–Kier alpha value is -0.505. The number of benzene rings is 1. The lowest BCUT2D eigenvalue weighted by Crippen LogP contribution is -2.52. The summed E-state index contributed by atoms with van der Waals surface area (Å²) in [6.45, 7) is 13.7. The third-order valence-electron chi connectivity index (χ3n) is 4.99. The van der Waals surface area contributed by atoms with Gasteiger partial charge in [-0.05, 0) is 73.1 Å². The van der Waals surface area contributed by atoms with Crippen molar-refractivity contribution in [3.8, 4) is 5.75 Å². The zero-order valence-electron chi connectivity index (χ0n) is 17.6. The highest BCUT2D eigenvalue weighted by Gasteiger charge is 2.55. The SMILES string of the molecule is CC(C)(C)[S@+]([O-])NC(CCOc1ccc(Cl)cc1F)B1OC(C)(C)C(C)(C)O1. The zero-order valence-corrected chi connectivity index (χ0v) is 19.2. The van der Waals surface area contributed by atoms with Crippen LogP contribution >= 0.6 is 11.6 Å². The van der Waals surface area contributed by atoms with Crippen LogP contribution in [-0.2, 0) is 20.7 Å². The maximum absolute atomic E-state index is 13.9. The zero-order chi connectivity index (χ0) is 21.3. The van der Waals surface area contributed by atoms with Gasteiger partial charge in [-0.1, -0.05) is 11.6 Å². The minimum Gasteiger partial charge on any atom is -0.598 e. The molecule has 0 aliphatic carbocycles. The molecule has 1 aromatic rings. The van der Waals surface area contributed by atoms with Crippen molar-refractivity contribution >= 4 is 30.1 Å². The molecule has 1 N–H and O–H groups in total. The minimum absolute atomic E-state index is 0.119. The lowest BCUT2D eigenvalue weighted by atomic mass is 9.77. The Kier molecular flexibility index (Phi) is 7.38. The third kappa shape index (κ3) is 5.77. The van der Waals surface area contributed by atoms with Crippen molar-refractivity contribution in [1.82, 2.24) is 4.72 Å². The van der Waals surface area contributed by atoms with Gasteiger partial charge in [0.2, 0.25) is 0 Å². The number of nitrogens with one attached hydrogen (secondary N) is 1. The Balaban J connectivity index is 2.08. The molecule has 5 nitrogen and oxygen atoms in total. The average molecular weight is 434 g/mol. The summed E-state index contributed by atoms with van der Waals surface area (Å²) in [7, 11) is -0.602. The maximum Gasteiger partial charge on any atom is 0.480 e. The molecule has 0 spiro atoms. The fraction of sp³-hybridized carbons (Fsp3) is 0.684. The van der Waals surface area contributed by atoms with Crippen LogP contribution in [-0.4, -0.2) is 40.2 Å². The van der Waals surface area contributed by atoms with Crippen molar-refractivity contribution in [2.45, 2.75) is 76.8 Å². The summed E-state index contributed by atoms with van der Waals surface area (Å²) >= 11 is 4.44. The third-order valence-corrected chi connectivity index (χ3v) is 6.86. The van der Waals surface area contributed by atoms with Gasteiger partial charge in [0.05, 0.1) is 23.8 Å². The predicted molar refractivity (Wildman–Crippen MR) is 112 cm³/mol. The van der Waals surface area contributed by atoms with Gasteiger partial charge in [0.1, 0.15) is 4.75 Å². The van der Waals surface area contributed by atoms with Gasteiger partial charge in [0.15, 0.2) is 11.6 Å². The molecular formula is C19H30BClFNO4S. The van der Waals surface area contributed by atoms with Crippen LogP contribution in [0.25, 0.3) is 0 Å². The summed E-state index contributed by atoms with van der Waals surface area (Å²) < 4.78 is 47.0. The molecule has 1 heterocycles. The lowest BCUT2D eigenvalue weighted by molar-refractivity contribution is 0.00578. The van der Waals surface area contributed by atoms with E-state index in [0.717, 1.165) is 0 Å².